The van der Waals surface area contributed by atoms with E-state index in [0.717, 1.165) is 37.1 Å². The average Bonchev–Trinajstić information content (AvgIpc) is 2.47. The number of ether oxygens (including phenoxy) is 1. The number of rotatable bonds is 4. The molecule has 116 valence electrons. The predicted octanol–water partition coefficient (Wildman–Crippen LogP) is 1.86. The molecule has 0 aliphatic carbocycles. The fourth-order valence-electron chi connectivity index (χ4n) is 2.29. The molecule has 0 atom stereocenters. The molecule has 5 nitrogen and oxygen atoms in total. The highest BCUT2D eigenvalue weighted by molar-refractivity contribution is 8.00. The molecule has 0 saturated carbocycles. The van der Waals surface area contributed by atoms with E-state index in [4.69, 9.17) is 4.74 Å². The second-order valence-electron chi connectivity index (χ2n) is 5.54. The highest BCUT2D eigenvalue weighted by Crippen LogP contribution is 2.29. The Morgan fingerprint density at radius 3 is 3.10 bits per heavy atom. The summed E-state index contributed by atoms with van der Waals surface area (Å²) in [6.45, 7) is 7.94. The SMILES string of the molecule is CN=C(NCCOc1cccnc1)N1CCSC(C)(C)C1. The van der Waals surface area contributed by atoms with Crippen LogP contribution in [0, 0.1) is 0 Å². The van der Waals surface area contributed by atoms with Crippen molar-refractivity contribution >= 4 is 17.7 Å². The van der Waals surface area contributed by atoms with Gasteiger partial charge in [0.25, 0.3) is 0 Å². The van der Waals surface area contributed by atoms with Gasteiger partial charge < -0.3 is 15.0 Å². The van der Waals surface area contributed by atoms with E-state index in [-0.39, 0.29) is 4.75 Å². The van der Waals surface area contributed by atoms with Crippen LogP contribution in [0.5, 0.6) is 5.75 Å². The minimum Gasteiger partial charge on any atom is -0.490 e. The van der Waals surface area contributed by atoms with Gasteiger partial charge in [0.1, 0.15) is 12.4 Å². The minimum absolute atomic E-state index is 0.280. The fourth-order valence-corrected chi connectivity index (χ4v) is 3.41. The largest absolute Gasteiger partial charge is 0.490 e. The highest BCUT2D eigenvalue weighted by Gasteiger charge is 2.28. The minimum atomic E-state index is 0.280. The predicted molar refractivity (Wildman–Crippen MR) is 89.2 cm³/mol. The maximum atomic E-state index is 5.63. The van der Waals surface area contributed by atoms with Gasteiger partial charge in [-0.1, -0.05) is 0 Å². The molecule has 0 spiro atoms. The van der Waals surface area contributed by atoms with Gasteiger partial charge >= 0.3 is 0 Å². The number of aromatic nitrogens is 1. The molecule has 1 aromatic rings. The first-order valence-corrected chi connectivity index (χ1v) is 8.22. The maximum Gasteiger partial charge on any atom is 0.193 e. The number of hydrogen-bond acceptors (Lipinski definition) is 4. The zero-order valence-corrected chi connectivity index (χ0v) is 13.8. The zero-order valence-electron chi connectivity index (χ0n) is 13.0. The van der Waals surface area contributed by atoms with Gasteiger partial charge in [0, 0.05) is 36.8 Å². The molecule has 6 heteroatoms. The quantitative estimate of drug-likeness (QED) is 0.523. The zero-order chi connectivity index (χ0) is 15.1. The van der Waals surface area contributed by atoms with Crippen LogP contribution in [0.2, 0.25) is 0 Å². The van der Waals surface area contributed by atoms with Crippen LogP contribution in [-0.2, 0) is 0 Å². The molecule has 1 fully saturated rings. The Morgan fingerprint density at radius 2 is 2.43 bits per heavy atom. The van der Waals surface area contributed by atoms with Gasteiger partial charge in [-0.3, -0.25) is 9.98 Å². The van der Waals surface area contributed by atoms with Gasteiger partial charge in [-0.2, -0.15) is 11.8 Å². The first-order valence-electron chi connectivity index (χ1n) is 7.23. The van der Waals surface area contributed by atoms with Crippen molar-refractivity contribution in [3.8, 4) is 5.75 Å². The summed E-state index contributed by atoms with van der Waals surface area (Å²) in [4.78, 5) is 10.7. The van der Waals surface area contributed by atoms with Crippen molar-refractivity contribution in [2.45, 2.75) is 18.6 Å². The molecule has 1 aliphatic heterocycles. The van der Waals surface area contributed by atoms with Crippen molar-refractivity contribution in [1.29, 1.82) is 0 Å². The van der Waals surface area contributed by atoms with E-state index in [2.05, 4.69) is 34.0 Å². The highest BCUT2D eigenvalue weighted by atomic mass is 32.2. The van der Waals surface area contributed by atoms with Crippen LogP contribution in [0.4, 0.5) is 0 Å². The molecule has 1 aromatic heterocycles. The van der Waals surface area contributed by atoms with E-state index in [1.54, 1.807) is 12.4 Å². The third kappa shape index (κ3) is 5.12. The molecule has 2 rings (SSSR count). The molecule has 1 saturated heterocycles. The summed E-state index contributed by atoms with van der Waals surface area (Å²) in [5.74, 6) is 2.89. The molecule has 2 heterocycles. The third-order valence-corrected chi connectivity index (χ3v) is 4.52. The van der Waals surface area contributed by atoms with Gasteiger partial charge in [0.15, 0.2) is 5.96 Å². The molecular weight excluding hydrogens is 284 g/mol. The second-order valence-corrected chi connectivity index (χ2v) is 7.34. The summed E-state index contributed by atoms with van der Waals surface area (Å²) < 4.78 is 5.91. The van der Waals surface area contributed by atoms with Crippen LogP contribution in [-0.4, -0.2) is 59.6 Å². The van der Waals surface area contributed by atoms with Crippen molar-refractivity contribution in [2.75, 3.05) is 39.0 Å². The van der Waals surface area contributed by atoms with Crippen LogP contribution >= 0.6 is 11.8 Å². The third-order valence-electron chi connectivity index (χ3n) is 3.23. The van der Waals surface area contributed by atoms with E-state index in [9.17, 15) is 0 Å². The van der Waals surface area contributed by atoms with E-state index < -0.39 is 0 Å². The maximum absolute atomic E-state index is 5.63. The molecule has 0 unspecified atom stereocenters. The Hall–Kier alpha value is -1.43. The molecule has 0 bridgehead atoms. The van der Waals surface area contributed by atoms with Crippen LogP contribution in [0.25, 0.3) is 0 Å². The Labute approximate surface area is 131 Å². The van der Waals surface area contributed by atoms with E-state index in [1.807, 2.05) is 30.9 Å². The molecule has 0 amide bonds. The molecule has 0 radical (unpaired) electrons. The van der Waals surface area contributed by atoms with E-state index in [1.165, 1.54) is 0 Å². The molecule has 1 N–H and O–H groups in total. The monoisotopic (exact) mass is 308 g/mol. The number of nitrogens with zero attached hydrogens (tertiary/aromatic N) is 3. The van der Waals surface area contributed by atoms with Gasteiger partial charge in [-0.05, 0) is 26.0 Å². The van der Waals surface area contributed by atoms with Crippen LogP contribution in [0.3, 0.4) is 0 Å². The Balaban J connectivity index is 1.75. The smallest absolute Gasteiger partial charge is 0.193 e. The average molecular weight is 308 g/mol. The molecule has 0 aromatic carbocycles. The first-order chi connectivity index (χ1) is 10.1. The second kappa shape index (κ2) is 7.54. The normalized spacial score (nSPS) is 18.4. The summed E-state index contributed by atoms with van der Waals surface area (Å²) in [5.41, 5.74) is 0. The number of thioether (sulfide) groups is 1. The van der Waals surface area contributed by atoms with Gasteiger partial charge in [0.2, 0.25) is 0 Å². The summed E-state index contributed by atoms with van der Waals surface area (Å²) in [7, 11) is 1.83. The number of aliphatic imine (C=N–C) groups is 1. The van der Waals surface area contributed by atoms with Crippen LogP contribution in [0.1, 0.15) is 13.8 Å². The van der Waals surface area contributed by atoms with Crippen LogP contribution < -0.4 is 10.1 Å². The Kier molecular flexibility index (Phi) is 5.73. The first kappa shape index (κ1) is 15.9. The summed E-state index contributed by atoms with van der Waals surface area (Å²) in [5, 5.41) is 3.37. The summed E-state index contributed by atoms with van der Waals surface area (Å²) in [6, 6.07) is 3.78. The number of nitrogens with one attached hydrogen (secondary N) is 1. The molecular formula is C15H24N4OS. The summed E-state index contributed by atoms with van der Waals surface area (Å²) in [6.07, 6.45) is 3.46. The van der Waals surface area contributed by atoms with Crippen molar-refractivity contribution in [2.24, 2.45) is 4.99 Å². The Morgan fingerprint density at radius 1 is 1.57 bits per heavy atom. The lowest BCUT2D eigenvalue weighted by molar-refractivity contribution is 0.314. The lowest BCUT2D eigenvalue weighted by Crippen LogP contribution is -2.51. The van der Waals surface area contributed by atoms with Gasteiger partial charge in [0.05, 0.1) is 12.7 Å². The lowest BCUT2D eigenvalue weighted by Gasteiger charge is -2.39. The van der Waals surface area contributed by atoms with E-state index in [0.29, 0.717) is 6.61 Å². The van der Waals surface area contributed by atoms with Crippen molar-refractivity contribution in [3.05, 3.63) is 24.5 Å². The van der Waals surface area contributed by atoms with E-state index >= 15 is 0 Å². The van der Waals surface area contributed by atoms with Gasteiger partial charge in [-0.15, -0.1) is 0 Å². The van der Waals surface area contributed by atoms with Crippen molar-refractivity contribution in [3.63, 3.8) is 0 Å². The van der Waals surface area contributed by atoms with Gasteiger partial charge in [-0.25, -0.2) is 0 Å². The molecule has 21 heavy (non-hydrogen) atoms. The molecule has 1 aliphatic rings. The fraction of sp³-hybridized carbons (Fsp3) is 0.600. The van der Waals surface area contributed by atoms with Crippen LogP contribution in [0.15, 0.2) is 29.5 Å². The van der Waals surface area contributed by atoms with Crippen molar-refractivity contribution in [1.82, 2.24) is 15.2 Å². The number of guanidine groups is 1. The van der Waals surface area contributed by atoms with Crippen molar-refractivity contribution < 1.29 is 4.74 Å². The lowest BCUT2D eigenvalue weighted by atomic mass is 10.2. The summed E-state index contributed by atoms with van der Waals surface area (Å²) >= 11 is 2.02. The standard InChI is InChI=1S/C15H24N4OS/c1-15(2)12-19(8-10-21-15)14(16-3)18-7-9-20-13-5-4-6-17-11-13/h4-6,11H,7-10,12H2,1-3H3,(H,16,18). The number of pyridine rings is 1. The number of hydrogen-bond donors (Lipinski definition) is 1. The Bertz CT molecular complexity index is 464. The topological polar surface area (TPSA) is 49.8 Å².